The van der Waals surface area contributed by atoms with E-state index in [9.17, 15) is 0 Å². The Bertz CT molecular complexity index is 809. The van der Waals surface area contributed by atoms with Crippen LogP contribution in [-0.2, 0) is 6.54 Å². The molecule has 2 saturated carbocycles. The lowest BCUT2D eigenvalue weighted by atomic mass is 10.1. The Morgan fingerprint density at radius 2 is 1.78 bits per heavy atom. The molecule has 0 saturated heterocycles. The van der Waals surface area contributed by atoms with Crippen LogP contribution in [0.25, 0.3) is 11.5 Å². The van der Waals surface area contributed by atoms with Gasteiger partial charge in [-0.25, -0.2) is 4.98 Å². The van der Waals surface area contributed by atoms with Gasteiger partial charge in [0, 0.05) is 18.2 Å². The van der Waals surface area contributed by atoms with Crippen LogP contribution >= 0.6 is 0 Å². The van der Waals surface area contributed by atoms with Gasteiger partial charge in [-0.3, -0.25) is 4.90 Å². The van der Waals surface area contributed by atoms with Crippen LogP contribution in [-0.4, -0.2) is 37.2 Å². The van der Waals surface area contributed by atoms with Gasteiger partial charge in [0.25, 0.3) is 0 Å². The first kappa shape index (κ1) is 18.4. The minimum atomic E-state index is 0.618. The highest BCUT2D eigenvalue weighted by atomic mass is 16.5. The molecule has 2 aliphatic rings. The molecule has 1 heterocycles. The van der Waals surface area contributed by atoms with E-state index in [-0.39, 0.29) is 0 Å². The lowest BCUT2D eigenvalue weighted by Gasteiger charge is -2.27. The van der Waals surface area contributed by atoms with Crippen molar-refractivity contribution in [1.29, 1.82) is 0 Å². The van der Waals surface area contributed by atoms with E-state index in [0.29, 0.717) is 11.9 Å². The van der Waals surface area contributed by atoms with Crippen molar-refractivity contribution in [3.05, 3.63) is 29.2 Å². The second kappa shape index (κ2) is 7.19. The van der Waals surface area contributed by atoms with Crippen molar-refractivity contribution in [2.75, 3.05) is 21.3 Å². The summed E-state index contributed by atoms with van der Waals surface area (Å²) in [4.78, 5) is 7.34. The topological polar surface area (TPSA) is 47.7 Å². The van der Waals surface area contributed by atoms with Crippen molar-refractivity contribution in [2.24, 2.45) is 11.8 Å². The summed E-state index contributed by atoms with van der Waals surface area (Å²) in [7, 11) is 5.58. The maximum absolute atomic E-state index is 6.05. The van der Waals surface area contributed by atoms with Gasteiger partial charge in [0.05, 0.1) is 25.5 Å². The Morgan fingerprint density at radius 1 is 1.11 bits per heavy atom. The van der Waals surface area contributed by atoms with E-state index < -0.39 is 0 Å². The van der Waals surface area contributed by atoms with Gasteiger partial charge in [0.1, 0.15) is 17.3 Å². The Morgan fingerprint density at radius 3 is 2.33 bits per heavy atom. The molecule has 1 aromatic carbocycles. The number of hydrogen-bond donors (Lipinski definition) is 0. The molecular formula is C22H30N2O3. The standard InChI is InChI=1S/C22H30N2O3/c1-13-19(25-4)11-10-17(21(13)26-5)22-23-18(14(2)27-22)12-24(3)20(15-6-7-15)16-8-9-16/h10-11,15-16,20H,6-9,12H2,1-5H3. The third kappa shape index (κ3) is 3.57. The van der Waals surface area contributed by atoms with Crippen molar-refractivity contribution in [3.8, 4) is 23.0 Å². The first-order valence-corrected chi connectivity index (χ1v) is 9.92. The number of rotatable bonds is 8. The average Bonchev–Trinajstić information content (AvgIpc) is 3.57. The van der Waals surface area contributed by atoms with E-state index in [2.05, 4.69) is 11.9 Å². The molecule has 146 valence electrons. The van der Waals surface area contributed by atoms with Crippen molar-refractivity contribution in [3.63, 3.8) is 0 Å². The monoisotopic (exact) mass is 370 g/mol. The number of nitrogens with zero attached hydrogens (tertiary/aromatic N) is 2. The van der Waals surface area contributed by atoms with Crippen LogP contribution in [0.1, 0.15) is 42.7 Å². The number of benzene rings is 1. The molecule has 0 aliphatic heterocycles. The quantitative estimate of drug-likeness (QED) is 0.680. The molecule has 27 heavy (non-hydrogen) atoms. The average molecular weight is 370 g/mol. The number of hydrogen-bond acceptors (Lipinski definition) is 5. The molecule has 0 unspecified atom stereocenters. The van der Waals surface area contributed by atoms with Gasteiger partial charge in [-0.1, -0.05) is 0 Å². The molecule has 5 nitrogen and oxygen atoms in total. The van der Waals surface area contributed by atoms with Gasteiger partial charge in [-0.2, -0.15) is 0 Å². The molecule has 0 spiro atoms. The Kier molecular flexibility index (Phi) is 4.89. The summed E-state index contributed by atoms with van der Waals surface area (Å²) in [5.41, 5.74) is 2.85. The summed E-state index contributed by atoms with van der Waals surface area (Å²) >= 11 is 0. The molecule has 5 heteroatoms. The zero-order valence-corrected chi connectivity index (χ0v) is 17.0. The predicted octanol–water partition coefficient (Wildman–Crippen LogP) is 4.60. The highest BCUT2D eigenvalue weighted by Crippen LogP contribution is 2.47. The fourth-order valence-corrected chi connectivity index (χ4v) is 4.34. The predicted molar refractivity (Wildman–Crippen MR) is 105 cm³/mol. The fourth-order valence-electron chi connectivity index (χ4n) is 4.34. The zero-order chi connectivity index (χ0) is 19.1. The first-order valence-electron chi connectivity index (χ1n) is 9.92. The summed E-state index contributed by atoms with van der Waals surface area (Å²) in [6.45, 7) is 4.83. The van der Waals surface area contributed by atoms with Gasteiger partial charge < -0.3 is 13.9 Å². The molecule has 0 N–H and O–H groups in total. The largest absolute Gasteiger partial charge is 0.496 e. The van der Waals surface area contributed by atoms with Gasteiger partial charge in [-0.15, -0.1) is 0 Å². The number of methoxy groups -OCH3 is 2. The molecule has 1 aromatic heterocycles. The van der Waals surface area contributed by atoms with Gasteiger partial charge in [0.2, 0.25) is 5.89 Å². The van der Waals surface area contributed by atoms with Crippen LogP contribution in [0.2, 0.25) is 0 Å². The molecule has 2 aromatic rings. The lowest BCUT2D eigenvalue weighted by molar-refractivity contribution is 0.184. The van der Waals surface area contributed by atoms with Crippen molar-refractivity contribution in [2.45, 2.75) is 52.1 Å². The molecule has 0 atom stereocenters. The number of aryl methyl sites for hydroxylation is 1. The molecule has 0 radical (unpaired) electrons. The first-order chi connectivity index (χ1) is 13.0. The fraction of sp³-hybridized carbons (Fsp3) is 0.591. The second-order valence-electron chi connectivity index (χ2n) is 8.08. The SMILES string of the molecule is COc1ccc(-c2nc(CN(C)C(C3CC3)C3CC3)c(C)o2)c(OC)c1C. The summed E-state index contributed by atoms with van der Waals surface area (Å²) in [5.74, 6) is 4.84. The summed E-state index contributed by atoms with van der Waals surface area (Å²) < 4.78 is 17.1. The normalized spacial score (nSPS) is 17.0. The maximum atomic E-state index is 6.05. The minimum Gasteiger partial charge on any atom is -0.496 e. The molecule has 2 fully saturated rings. The highest BCUT2D eigenvalue weighted by molar-refractivity contribution is 5.68. The minimum absolute atomic E-state index is 0.618. The Hall–Kier alpha value is -2.01. The van der Waals surface area contributed by atoms with Gasteiger partial charge in [0.15, 0.2) is 0 Å². The molecule has 2 aliphatic carbocycles. The summed E-state index contributed by atoms with van der Waals surface area (Å²) in [6.07, 6.45) is 5.54. The Balaban J connectivity index is 1.59. The van der Waals surface area contributed by atoms with Gasteiger partial charge in [-0.05, 0) is 70.5 Å². The maximum Gasteiger partial charge on any atom is 0.230 e. The third-order valence-corrected chi connectivity index (χ3v) is 6.02. The van der Waals surface area contributed by atoms with E-state index in [4.69, 9.17) is 18.9 Å². The van der Waals surface area contributed by atoms with Crippen LogP contribution in [0.3, 0.4) is 0 Å². The smallest absolute Gasteiger partial charge is 0.230 e. The van der Waals surface area contributed by atoms with E-state index in [1.807, 2.05) is 26.0 Å². The van der Waals surface area contributed by atoms with Crippen LogP contribution in [0.4, 0.5) is 0 Å². The second-order valence-corrected chi connectivity index (χ2v) is 8.08. The number of ether oxygens (including phenoxy) is 2. The molecular weight excluding hydrogens is 340 g/mol. The van der Waals surface area contributed by atoms with E-state index in [1.54, 1.807) is 14.2 Å². The van der Waals surface area contributed by atoms with E-state index in [0.717, 1.165) is 52.5 Å². The van der Waals surface area contributed by atoms with Crippen LogP contribution in [0.15, 0.2) is 16.5 Å². The van der Waals surface area contributed by atoms with Gasteiger partial charge >= 0.3 is 0 Å². The van der Waals surface area contributed by atoms with Crippen molar-refractivity contribution in [1.82, 2.24) is 9.88 Å². The zero-order valence-electron chi connectivity index (χ0n) is 17.0. The molecule has 0 bridgehead atoms. The number of oxazole rings is 1. The third-order valence-electron chi connectivity index (χ3n) is 6.02. The highest BCUT2D eigenvalue weighted by Gasteiger charge is 2.43. The molecule has 4 rings (SSSR count). The van der Waals surface area contributed by atoms with Crippen molar-refractivity contribution >= 4 is 0 Å². The number of aromatic nitrogens is 1. The molecule has 0 amide bonds. The van der Waals surface area contributed by atoms with E-state index in [1.165, 1.54) is 25.7 Å². The Labute approximate surface area is 161 Å². The van der Waals surface area contributed by atoms with Crippen LogP contribution in [0, 0.1) is 25.7 Å². The van der Waals surface area contributed by atoms with Crippen LogP contribution < -0.4 is 9.47 Å². The van der Waals surface area contributed by atoms with Crippen molar-refractivity contribution < 1.29 is 13.9 Å². The van der Waals surface area contributed by atoms with E-state index >= 15 is 0 Å². The summed E-state index contributed by atoms with van der Waals surface area (Å²) in [5, 5.41) is 0. The lowest BCUT2D eigenvalue weighted by Crippen LogP contribution is -2.35. The van der Waals surface area contributed by atoms with Crippen LogP contribution in [0.5, 0.6) is 11.5 Å². The summed E-state index contributed by atoms with van der Waals surface area (Å²) in [6, 6.07) is 4.61.